The summed E-state index contributed by atoms with van der Waals surface area (Å²) in [7, 11) is 0. The van der Waals surface area contributed by atoms with E-state index in [1.165, 1.54) is 55.2 Å². The molecule has 0 radical (unpaired) electrons. The number of esters is 1. The largest absolute Gasteiger partial charge is 2.00 e. The fourth-order valence-electron chi connectivity index (χ4n) is 13.7. The molecule has 9 nitrogen and oxygen atoms in total. The summed E-state index contributed by atoms with van der Waals surface area (Å²) in [5.41, 5.74) is 21.9. The van der Waals surface area contributed by atoms with Gasteiger partial charge in [-0.25, -0.2) is 4.79 Å². The number of nitrogens with two attached hydrogens (primary N) is 1. The van der Waals surface area contributed by atoms with Crippen molar-refractivity contribution in [2.24, 2.45) is 54.2 Å². The monoisotopic (exact) mass is 1270 g/mol. The van der Waals surface area contributed by atoms with Crippen LogP contribution in [0.4, 0.5) is 0 Å². The molecule has 0 amide bonds. The first kappa shape index (κ1) is 95.8. The van der Waals surface area contributed by atoms with Gasteiger partial charge in [0.2, 0.25) is 0 Å². The summed E-state index contributed by atoms with van der Waals surface area (Å²) in [6.45, 7) is 62.6. The molecule has 0 saturated heterocycles. The zero-order valence-electron chi connectivity index (χ0n) is 57.8. The van der Waals surface area contributed by atoms with Crippen molar-refractivity contribution >= 4 is 58.8 Å². The van der Waals surface area contributed by atoms with Gasteiger partial charge < -0.3 is 57.9 Å². The van der Waals surface area contributed by atoms with Crippen LogP contribution in [0.25, 0.3) is 10.4 Å². The van der Waals surface area contributed by atoms with Crippen LogP contribution < -0.4 is 48.6 Å². The van der Waals surface area contributed by atoms with Gasteiger partial charge in [0.1, 0.15) is 0 Å². The molecule has 4 saturated carbocycles. The van der Waals surface area contributed by atoms with Crippen molar-refractivity contribution in [1.82, 2.24) is 0 Å². The Labute approximate surface area is 554 Å². The Morgan fingerprint density at radius 3 is 1.00 bits per heavy atom. The normalized spacial score (nSPS) is 20.1. The minimum atomic E-state index is -0.668. The van der Waals surface area contributed by atoms with Crippen LogP contribution in [0.3, 0.4) is 0 Å². The maximum atomic E-state index is 11.4. The topological polar surface area (TPSA) is 140 Å². The Morgan fingerprint density at radius 2 is 0.797 bits per heavy atom. The predicted molar refractivity (Wildman–Crippen MR) is 347 cm³/mol. The minimum Gasteiger partial charge on any atom is -1.00 e. The SMILES string of the molecule is CC(C)(N)C=C1CC(C)(C)CC(C)(C)C1.CC(C)(O)C=C1CC(C)(C)CC(C)(C)C1.CC1(C)CC(=CC(C)(C)N=[N+]=[N-])CC(C)(C)C1.CCOC(=O)C=C1CC(C)(C)CC(C)(C)C1.CCOCC.CCOCC.Cl.[AlH3].[CH3-].[H-].[I-].[Li+].[Mg+2]. The second-order valence-electron chi connectivity index (χ2n) is 30.3. The summed E-state index contributed by atoms with van der Waals surface area (Å²) in [4.78, 5) is 14.4. The summed E-state index contributed by atoms with van der Waals surface area (Å²) in [6.07, 6.45) is 22.1. The van der Waals surface area contributed by atoms with Gasteiger partial charge in [-0.3, -0.25) is 0 Å². The zero-order valence-corrected chi connectivity index (χ0v) is 61.2. The van der Waals surface area contributed by atoms with Crippen LogP contribution in [-0.4, -0.2) is 101 Å². The van der Waals surface area contributed by atoms with Gasteiger partial charge in [-0.2, -0.15) is 0 Å². The molecule has 0 spiro atoms. The maximum Gasteiger partial charge on any atom is 2.00 e. The maximum absolute atomic E-state index is 11.4. The Kier molecular flexibility index (Phi) is 49.5. The molecular formula is C65H130AlClILiMgN4O5. The summed E-state index contributed by atoms with van der Waals surface area (Å²) < 4.78 is 14.6. The number of halogens is 2. The Morgan fingerprint density at radius 1 is 0.557 bits per heavy atom. The summed E-state index contributed by atoms with van der Waals surface area (Å²) in [5, 5.41) is 13.7. The fourth-order valence-corrected chi connectivity index (χ4v) is 13.7. The molecule has 0 unspecified atom stereocenters. The standard InChI is InChI=1S/C14H25N3.C14H27N.C14H24O2.C14H26O.2C4H10O.CH3.Al.ClH.HI.Li.Mg.4H/c1-12(2)7-11(8-13(3,4)10-12)9-14(5,6)16-17-15;1-12(2)7-11(9-14(5,6)15)8-13(3,4)10-12;1-6-16-12(15)7-11-8-13(2,3)10-14(4,5)9-11;1-12(2)7-11(9-14(5,6)15)8-13(3,4)10-12;2*1-3-5-4-2;;;;;;;;;;/h9H,7-8,10H2,1-6H3;9H,7-8,10,15H2,1-6H3;7H,6,8-10H2,1-5H3;9,15H,7-8,10H2,1-6H3;2*3-4H2,1-2H3;1H3;;2*1H;;;;;;/q;;;;;;-1;;;;+1;+2;;;;-1/p-1. The summed E-state index contributed by atoms with van der Waals surface area (Å²) in [6, 6.07) is 0. The number of hydrogen-bond donors (Lipinski definition) is 2. The first-order valence-electron chi connectivity index (χ1n) is 28.3. The number of rotatable bonds is 10. The first-order valence-corrected chi connectivity index (χ1v) is 28.3. The van der Waals surface area contributed by atoms with E-state index in [2.05, 4.69) is 153 Å². The molecule has 0 aliphatic heterocycles. The molecule has 4 aliphatic rings. The molecule has 460 valence electrons. The Balaban J connectivity index is -0.000000110. The zero-order chi connectivity index (χ0) is 57.8. The summed E-state index contributed by atoms with van der Waals surface area (Å²) in [5.74, 6) is -0.189. The van der Waals surface area contributed by atoms with Crippen LogP contribution in [0, 0.1) is 50.7 Å². The molecule has 0 atom stereocenters. The number of azide groups is 1. The molecular weight excluding hydrogens is 1140 g/mol. The van der Waals surface area contributed by atoms with Crippen LogP contribution in [0.1, 0.15) is 265 Å². The van der Waals surface area contributed by atoms with E-state index in [1.54, 1.807) is 11.6 Å². The second kappa shape index (κ2) is 40.8. The minimum absolute atomic E-state index is 0. The molecule has 0 aromatic rings. The second-order valence-corrected chi connectivity index (χ2v) is 30.3. The number of carbonyl (C=O) groups is 1. The van der Waals surface area contributed by atoms with Gasteiger partial charge in [-0.15, -0.1) is 12.4 Å². The molecule has 0 aromatic carbocycles. The van der Waals surface area contributed by atoms with Crippen molar-refractivity contribution in [3.8, 4) is 0 Å². The van der Waals surface area contributed by atoms with Crippen molar-refractivity contribution in [1.29, 1.82) is 0 Å². The number of carbonyl (C=O) groups excluding carboxylic acids is 1. The van der Waals surface area contributed by atoms with Crippen LogP contribution in [0.15, 0.2) is 51.7 Å². The first-order chi connectivity index (χ1) is 32.6. The molecule has 3 N–H and O–H groups in total. The van der Waals surface area contributed by atoms with Crippen LogP contribution in [-0.2, 0) is 19.0 Å². The Hall–Kier alpha value is 0.496. The van der Waals surface area contributed by atoms with Crippen LogP contribution >= 0.6 is 12.4 Å². The van der Waals surface area contributed by atoms with Gasteiger partial charge in [-0.05, 0) is 188 Å². The predicted octanol–water partition coefficient (Wildman–Crippen LogP) is 12.3. The van der Waals surface area contributed by atoms with Crippen molar-refractivity contribution in [2.45, 2.75) is 281 Å². The van der Waals surface area contributed by atoms with Gasteiger partial charge >= 0.3 is 47.9 Å². The number of ether oxygens (including phenoxy) is 3. The Bertz CT molecular complexity index is 1720. The third-order valence-corrected chi connectivity index (χ3v) is 12.9. The average Bonchev–Trinajstić information content (AvgIpc) is 3.06. The van der Waals surface area contributed by atoms with Crippen LogP contribution in [0.5, 0.6) is 0 Å². The quantitative estimate of drug-likeness (QED) is 0.0257. The van der Waals surface area contributed by atoms with Crippen molar-refractivity contribution in [3.63, 3.8) is 0 Å². The van der Waals surface area contributed by atoms with Crippen molar-refractivity contribution < 1.29 is 68.4 Å². The van der Waals surface area contributed by atoms with E-state index < -0.39 is 11.1 Å². The van der Waals surface area contributed by atoms with E-state index >= 15 is 0 Å². The molecule has 79 heavy (non-hydrogen) atoms. The van der Waals surface area contributed by atoms with Gasteiger partial charge in [0.15, 0.2) is 17.4 Å². The van der Waals surface area contributed by atoms with E-state index in [1.807, 2.05) is 62.3 Å². The fraction of sp³-hybridized carbons (Fsp3) is 0.846. The molecule has 0 heterocycles. The average molecular weight is 1270 g/mol. The van der Waals surface area contributed by atoms with Gasteiger partial charge in [-0.1, -0.05) is 170 Å². The molecule has 0 aromatic heterocycles. The van der Waals surface area contributed by atoms with E-state index in [0.717, 1.165) is 65.0 Å². The molecule has 4 aliphatic carbocycles. The van der Waals surface area contributed by atoms with E-state index in [-0.39, 0.29) is 116 Å². The third kappa shape index (κ3) is 51.4. The van der Waals surface area contributed by atoms with Crippen LogP contribution in [0.2, 0.25) is 0 Å². The van der Waals surface area contributed by atoms with E-state index in [4.69, 9.17) is 25.5 Å². The molecule has 0 bridgehead atoms. The number of hydrogen-bond acceptors (Lipinski definition) is 7. The number of nitrogens with zero attached hydrogens (tertiary/aromatic N) is 3. The van der Waals surface area contributed by atoms with Gasteiger partial charge in [0.25, 0.3) is 0 Å². The van der Waals surface area contributed by atoms with E-state index in [0.29, 0.717) is 49.9 Å². The third-order valence-electron chi connectivity index (χ3n) is 12.9. The smallest absolute Gasteiger partial charge is 1.00 e. The molecule has 4 fully saturated rings. The van der Waals surface area contributed by atoms with Crippen molar-refractivity contribution in [2.75, 3.05) is 33.0 Å². The molecule has 4 rings (SSSR count). The van der Waals surface area contributed by atoms with E-state index in [9.17, 15) is 9.90 Å². The molecule has 14 heteroatoms. The number of aliphatic hydroxyl groups is 1. The van der Waals surface area contributed by atoms with Gasteiger partial charge in [0.05, 0.1) is 17.7 Å². The van der Waals surface area contributed by atoms with Crippen molar-refractivity contribution in [3.05, 3.63) is 64.5 Å². The number of allylic oxidation sites excluding steroid dienone is 4. The van der Waals surface area contributed by atoms with Gasteiger partial charge in [0, 0.05) is 43.0 Å². The summed E-state index contributed by atoms with van der Waals surface area (Å²) >= 11 is 0.